The lowest BCUT2D eigenvalue weighted by Gasteiger charge is -2.12. The summed E-state index contributed by atoms with van der Waals surface area (Å²) in [5, 5.41) is 2.56. The molecule has 172 valence electrons. The highest BCUT2D eigenvalue weighted by Crippen LogP contribution is 2.15. The van der Waals surface area contributed by atoms with Gasteiger partial charge in [-0.1, -0.05) is 0 Å². The van der Waals surface area contributed by atoms with E-state index in [1.807, 2.05) is 0 Å². The van der Waals surface area contributed by atoms with Gasteiger partial charge in [-0.3, -0.25) is 28.9 Å². The van der Waals surface area contributed by atoms with Crippen LogP contribution >= 0.6 is 0 Å². The molecule has 0 aliphatic carbocycles. The lowest BCUT2D eigenvalue weighted by molar-refractivity contribution is -0.137. The fourth-order valence-corrected chi connectivity index (χ4v) is 2.91. The smallest absolute Gasteiger partial charge is 0.273 e. The van der Waals surface area contributed by atoms with Crippen molar-refractivity contribution in [1.82, 2.24) is 20.2 Å². The zero-order valence-corrected chi connectivity index (χ0v) is 17.8. The van der Waals surface area contributed by atoms with Crippen molar-refractivity contribution in [3.63, 3.8) is 0 Å². The van der Waals surface area contributed by atoms with Gasteiger partial charge in [0.05, 0.1) is 0 Å². The average Bonchev–Trinajstić information content (AvgIpc) is 3.08. The van der Waals surface area contributed by atoms with Gasteiger partial charge in [-0.05, 0) is 12.8 Å². The number of Topliss-reactive ketones (excluding diaryl/α,β-unsaturated/α-hetero) is 2. The third-order valence-electron chi connectivity index (χ3n) is 4.61. The van der Waals surface area contributed by atoms with Gasteiger partial charge in [-0.2, -0.15) is 0 Å². The second-order valence-corrected chi connectivity index (χ2v) is 7.02. The molecule has 32 heavy (non-hydrogen) atoms. The van der Waals surface area contributed by atoms with Crippen molar-refractivity contribution in [2.24, 2.45) is 0 Å². The van der Waals surface area contributed by atoms with Gasteiger partial charge in [-0.25, -0.2) is 9.97 Å². The number of anilines is 2. The minimum atomic E-state index is -0.633. The molecule has 1 aromatic rings. The Labute approximate surface area is 184 Å². The summed E-state index contributed by atoms with van der Waals surface area (Å²) in [6.45, 7) is 0.591. The fourth-order valence-electron chi connectivity index (χ4n) is 2.91. The van der Waals surface area contributed by atoms with Gasteiger partial charge in [0.2, 0.25) is 0 Å². The number of methoxy groups -OCH3 is 1. The lowest BCUT2D eigenvalue weighted by Crippen LogP contribution is -2.32. The van der Waals surface area contributed by atoms with Gasteiger partial charge < -0.3 is 21.5 Å². The second kappa shape index (κ2) is 11.6. The van der Waals surface area contributed by atoms with Crippen LogP contribution in [0.15, 0.2) is 12.2 Å². The van der Waals surface area contributed by atoms with Gasteiger partial charge in [0.1, 0.15) is 5.78 Å². The number of nitrogens with two attached hydrogens (primary N) is 2. The van der Waals surface area contributed by atoms with Crippen molar-refractivity contribution >= 4 is 40.9 Å². The molecule has 1 aromatic heterocycles. The van der Waals surface area contributed by atoms with E-state index in [0.29, 0.717) is 19.4 Å². The summed E-state index contributed by atoms with van der Waals surface area (Å²) in [5.41, 5.74) is 11.2. The summed E-state index contributed by atoms with van der Waals surface area (Å²) in [5.74, 6) is -2.42. The van der Waals surface area contributed by atoms with Crippen molar-refractivity contribution in [3.8, 4) is 0 Å². The summed E-state index contributed by atoms with van der Waals surface area (Å²) < 4.78 is 4.89. The van der Waals surface area contributed by atoms with Crippen LogP contribution in [0.2, 0.25) is 0 Å². The Morgan fingerprint density at radius 2 is 1.59 bits per heavy atom. The maximum atomic E-state index is 12.3. The molecule has 0 bridgehead atoms. The van der Waals surface area contributed by atoms with Crippen LogP contribution in [0.1, 0.15) is 53.1 Å². The molecule has 2 rings (SSSR count). The highest BCUT2D eigenvalue weighted by Gasteiger charge is 2.23. The first kappa shape index (κ1) is 24.6. The number of carbonyl (C=O) groups is 5. The van der Waals surface area contributed by atoms with Crippen LogP contribution in [-0.2, 0) is 19.1 Å². The molecular formula is C20H26N6O6. The number of nitrogen functional groups attached to an aromatic ring is 2. The Kier molecular flexibility index (Phi) is 8.95. The summed E-state index contributed by atoms with van der Waals surface area (Å²) in [6.07, 6.45) is 3.50. The van der Waals surface area contributed by atoms with E-state index in [2.05, 4.69) is 15.3 Å². The Morgan fingerprint density at radius 3 is 2.25 bits per heavy atom. The number of ketones is 2. The predicted molar refractivity (Wildman–Crippen MR) is 113 cm³/mol. The number of carbonyl (C=O) groups excluding carboxylic acids is 5. The number of rotatable bonds is 13. The van der Waals surface area contributed by atoms with Gasteiger partial charge >= 0.3 is 0 Å². The summed E-state index contributed by atoms with van der Waals surface area (Å²) in [7, 11) is 1.52. The fraction of sp³-hybridized carbons (Fsp3) is 0.450. The second-order valence-electron chi connectivity index (χ2n) is 7.02. The minimum Gasteiger partial charge on any atom is -0.385 e. The molecule has 0 fully saturated rings. The van der Waals surface area contributed by atoms with E-state index >= 15 is 0 Å². The zero-order valence-electron chi connectivity index (χ0n) is 17.8. The molecule has 0 unspecified atom stereocenters. The number of imide groups is 1. The number of nitrogens with one attached hydrogen (secondary N) is 1. The number of ether oxygens (including phenoxy) is 1. The van der Waals surface area contributed by atoms with Crippen molar-refractivity contribution in [2.75, 3.05) is 38.3 Å². The largest absolute Gasteiger partial charge is 0.385 e. The van der Waals surface area contributed by atoms with Crippen LogP contribution in [-0.4, -0.2) is 71.0 Å². The lowest BCUT2D eigenvalue weighted by atomic mass is 10.1. The first-order chi connectivity index (χ1) is 15.2. The van der Waals surface area contributed by atoms with Crippen molar-refractivity contribution in [3.05, 3.63) is 23.5 Å². The van der Waals surface area contributed by atoms with Crippen molar-refractivity contribution in [2.45, 2.75) is 32.1 Å². The monoisotopic (exact) mass is 446 g/mol. The van der Waals surface area contributed by atoms with E-state index in [-0.39, 0.29) is 66.9 Å². The van der Waals surface area contributed by atoms with Gasteiger partial charge in [0, 0.05) is 58.2 Å². The van der Waals surface area contributed by atoms with Crippen LogP contribution in [0, 0.1) is 0 Å². The molecule has 1 aliphatic rings. The Hall–Kier alpha value is -3.67. The van der Waals surface area contributed by atoms with E-state index in [1.54, 1.807) is 0 Å². The van der Waals surface area contributed by atoms with E-state index in [9.17, 15) is 24.0 Å². The average molecular weight is 446 g/mol. The first-order valence-corrected chi connectivity index (χ1v) is 10.0. The molecule has 1 aliphatic heterocycles. The predicted octanol–water partition coefficient (Wildman–Crippen LogP) is -0.355. The molecule has 0 saturated heterocycles. The van der Waals surface area contributed by atoms with Crippen LogP contribution in [0.3, 0.4) is 0 Å². The Morgan fingerprint density at radius 1 is 0.969 bits per heavy atom. The first-order valence-electron chi connectivity index (χ1n) is 10.0. The maximum absolute atomic E-state index is 12.3. The zero-order chi connectivity index (χ0) is 23.7. The number of amides is 3. The third-order valence-corrected chi connectivity index (χ3v) is 4.61. The van der Waals surface area contributed by atoms with Gasteiger partial charge in [-0.15, -0.1) is 0 Å². The third kappa shape index (κ3) is 6.67. The van der Waals surface area contributed by atoms with Crippen LogP contribution in [0.25, 0.3) is 0 Å². The molecule has 3 amide bonds. The SMILES string of the molecule is COCCCC(=O)c1nc(N)c(C(=O)NCCCC(=O)CCN2C(=O)C=CC2=O)nc1N. The van der Waals surface area contributed by atoms with Crippen LogP contribution in [0.5, 0.6) is 0 Å². The van der Waals surface area contributed by atoms with Crippen molar-refractivity contribution in [1.29, 1.82) is 0 Å². The molecule has 12 nitrogen and oxygen atoms in total. The van der Waals surface area contributed by atoms with Gasteiger partial charge in [0.15, 0.2) is 28.8 Å². The Balaban J connectivity index is 1.78. The van der Waals surface area contributed by atoms with Crippen molar-refractivity contribution < 1.29 is 28.7 Å². The molecule has 0 aromatic carbocycles. The van der Waals surface area contributed by atoms with Crippen LogP contribution in [0.4, 0.5) is 11.6 Å². The normalized spacial score (nSPS) is 13.0. The topological polar surface area (TPSA) is 188 Å². The molecule has 0 radical (unpaired) electrons. The summed E-state index contributed by atoms with van der Waals surface area (Å²) >= 11 is 0. The molecule has 2 heterocycles. The molecule has 0 atom stereocenters. The number of hydrogen-bond donors (Lipinski definition) is 3. The van der Waals surface area contributed by atoms with Gasteiger partial charge in [0.25, 0.3) is 17.7 Å². The molecule has 5 N–H and O–H groups in total. The highest BCUT2D eigenvalue weighted by molar-refractivity contribution is 6.13. The number of hydrogen-bond acceptors (Lipinski definition) is 10. The minimum absolute atomic E-state index is 0.0256. The molecule has 0 spiro atoms. The van der Waals surface area contributed by atoms with E-state index in [4.69, 9.17) is 16.2 Å². The highest BCUT2D eigenvalue weighted by atomic mass is 16.5. The Bertz CT molecular complexity index is 927. The van der Waals surface area contributed by atoms with Crippen LogP contribution < -0.4 is 16.8 Å². The van der Waals surface area contributed by atoms with E-state index in [1.165, 1.54) is 7.11 Å². The molecule has 0 saturated carbocycles. The van der Waals surface area contributed by atoms with E-state index in [0.717, 1.165) is 17.1 Å². The molecular weight excluding hydrogens is 420 g/mol. The summed E-state index contributed by atoms with van der Waals surface area (Å²) in [4.78, 5) is 68.1. The summed E-state index contributed by atoms with van der Waals surface area (Å²) in [6, 6.07) is 0. The van der Waals surface area contributed by atoms with E-state index < -0.39 is 17.7 Å². The number of aromatic nitrogens is 2. The molecule has 12 heteroatoms. The standard InChI is InChI=1S/C20H26N6O6/c1-32-11-3-5-13(28)16-18(21)25-17(19(22)24-16)20(31)23-9-2-4-12(27)8-10-26-14(29)6-7-15(26)30/h6-7H,2-5,8-11H2,1H3,(H2,21,25)(H2,22,24)(H,23,31). The quantitative estimate of drug-likeness (QED) is 0.205. The maximum Gasteiger partial charge on any atom is 0.273 e. The number of nitrogens with zero attached hydrogens (tertiary/aromatic N) is 3.